The molecular weight excluding hydrogens is 262 g/mol. The average molecular weight is 275 g/mol. The molecule has 0 fully saturated rings. The Bertz CT molecular complexity index is 851. The Hall–Kier alpha value is -3.06. The van der Waals surface area contributed by atoms with Gasteiger partial charge in [-0.15, -0.1) is 0 Å². The number of rotatable bonds is 2. The van der Waals surface area contributed by atoms with Crippen molar-refractivity contribution in [2.24, 2.45) is 0 Å². The second-order valence-corrected chi connectivity index (χ2v) is 4.60. The van der Waals surface area contributed by atoms with E-state index >= 15 is 0 Å². The fraction of sp³-hybridized carbons (Fsp3) is 0.0588. The van der Waals surface area contributed by atoms with E-state index in [-0.39, 0.29) is 0 Å². The predicted molar refractivity (Wildman–Crippen MR) is 82.9 cm³/mol. The Morgan fingerprint density at radius 3 is 2.62 bits per heavy atom. The van der Waals surface area contributed by atoms with Crippen LogP contribution in [0, 0.1) is 11.3 Å². The van der Waals surface area contributed by atoms with E-state index in [1.807, 2.05) is 36.4 Å². The molecule has 0 saturated heterocycles. The summed E-state index contributed by atoms with van der Waals surface area (Å²) in [6, 6.07) is 15.5. The summed E-state index contributed by atoms with van der Waals surface area (Å²) in [5.41, 5.74) is 9.62. The van der Waals surface area contributed by atoms with Crippen LogP contribution in [0.2, 0.25) is 0 Å². The van der Waals surface area contributed by atoms with Crippen LogP contribution in [0.25, 0.3) is 22.0 Å². The topological polar surface area (TPSA) is 71.9 Å². The molecule has 0 radical (unpaired) electrons. The maximum atomic E-state index is 9.25. The number of hydrogen-bond donors (Lipinski definition) is 1. The SMILES string of the molecule is COc1cc(C#N)c(N)c2c(-c3ccccc3)ccnc12. The fourth-order valence-corrected chi connectivity index (χ4v) is 2.44. The molecule has 1 aromatic heterocycles. The number of aromatic nitrogens is 1. The molecule has 3 aromatic rings. The Balaban J connectivity index is 2.45. The van der Waals surface area contributed by atoms with Gasteiger partial charge in [0.05, 0.1) is 18.4 Å². The van der Waals surface area contributed by atoms with Gasteiger partial charge in [-0.1, -0.05) is 30.3 Å². The molecule has 0 aliphatic heterocycles. The lowest BCUT2D eigenvalue weighted by atomic mass is 9.98. The lowest BCUT2D eigenvalue weighted by Gasteiger charge is -2.13. The van der Waals surface area contributed by atoms with Crippen LogP contribution in [0.3, 0.4) is 0 Å². The number of nitrogens with zero attached hydrogens (tertiary/aromatic N) is 2. The van der Waals surface area contributed by atoms with E-state index in [9.17, 15) is 5.26 Å². The summed E-state index contributed by atoms with van der Waals surface area (Å²) >= 11 is 0. The second-order valence-electron chi connectivity index (χ2n) is 4.60. The molecule has 0 bridgehead atoms. The minimum Gasteiger partial charge on any atom is -0.494 e. The fourth-order valence-electron chi connectivity index (χ4n) is 2.44. The van der Waals surface area contributed by atoms with Crippen LogP contribution >= 0.6 is 0 Å². The highest BCUT2D eigenvalue weighted by atomic mass is 16.5. The van der Waals surface area contributed by atoms with Gasteiger partial charge in [-0.25, -0.2) is 0 Å². The first-order valence-electron chi connectivity index (χ1n) is 6.47. The van der Waals surface area contributed by atoms with Gasteiger partial charge in [-0.3, -0.25) is 4.98 Å². The normalized spacial score (nSPS) is 10.3. The van der Waals surface area contributed by atoms with E-state index in [2.05, 4.69) is 11.1 Å². The number of anilines is 1. The molecule has 4 heteroatoms. The monoisotopic (exact) mass is 275 g/mol. The standard InChI is InChI=1S/C17H13N3O/c1-21-14-9-12(10-18)16(19)15-13(7-8-20-17(14)15)11-5-3-2-4-6-11/h2-9H,19H2,1H3. The Morgan fingerprint density at radius 1 is 1.19 bits per heavy atom. The molecule has 21 heavy (non-hydrogen) atoms. The number of pyridine rings is 1. The third-order valence-corrected chi connectivity index (χ3v) is 3.44. The molecule has 0 amide bonds. The van der Waals surface area contributed by atoms with Crippen molar-refractivity contribution in [3.05, 3.63) is 54.2 Å². The molecule has 3 rings (SSSR count). The maximum absolute atomic E-state index is 9.25. The summed E-state index contributed by atoms with van der Waals surface area (Å²) in [7, 11) is 1.56. The number of hydrogen-bond acceptors (Lipinski definition) is 4. The van der Waals surface area contributed by atoms with Crippen LogP contribution in [0.5, 0.6) is 5.75 Å². The third kappa shape index (κ3) is 2.05. The molecule has 2 N–H and O–H groups in total. The lowest BCUT2D eigenvalue weighted by molar-refractivity contribution is 0.419. The van der Waals surface area contributed by atoms with Gasteiger partial charge in [0.2, 0.25) is 0 Å². The smallest absolute Gasteiger partial charge is 0.146 e. The van der Waals surface area contributed by atoms with Crippen LogP contribution in [-0.2, 0) is 0 Å². The molecule has 102 valence electrons. The van der Waals surface area contributed by atoms with Crippen molar-refractivity contribution in [2.75, 3.05) is 12.8 Å². The number of methoxy groups -OCH3 is 1. The van der Waals surface area contributed by atoms with Crippen LogP contribution in [0.15, 0.2) is 48.7 Å². The van der Waals surface area contributed by atoms with E-state index < -0.39 is 0 Å². The molecule has 2 aromatic carbocycles. The second kappa shape index (κ2) is 5.14. The van der Waals surface area contributed by atoms with E-state index in [0.717, 1.165) is 16.5 Å². The van der Waals surface area contributed by atoms with Gasteiger partial charge in [-0.2, -0.15) is 5.26 Å². The van der Waals surface area contributed by atoms with Gasteiger partial charge in [0, 0.05) is 17.6 Å². The molecule has 0 saturated carbocycles. The zero-order valence-corrected chi connectivity index (χ0v) is 11.5. The van der Waals surface area contributed by atoms with E-state index in [1.54, 1.807) is 19.4 Å². The third-order valence-electron chi connectivity index (χ3n) is 3.44. The summed E-state index contributed by atoms with van der Waals surface area (Å²) in [5.74, 6) is 0.550. The summed E-state index contributed by atoms with van der Waals surface area (Å²) in [5, 5.41) is 10.0. The Labute approximate surface area is 122 Å². The minimum atomic E-state index is 0.393. The summed E-state index contributed by atoms with van der Waals surface area (Å²) in [6.07, 6.45) is 1.72. The van der Waals surface area contributed by atoms with Crippen molar-refractivity contribution < 1.29 is 4.74 Å². The summed E-state index contributed by atoms with van der Waals surface area (Å²) in [4.78, 5) is 4.36. The lowest BCUT2D eigenvalue weighted by Crippen LogP contribution is -1.98. The molecule has 0 atom stereocenters. The number of nitrogen functional groups attached to an aromatic ring is 1. The van der Waals surface area contributed by atoms with Gasteiger partial charge in [0.15, 0.2) is 0 Å². The molecule has 0 spiro atoms. The largest absolute Gasteiger partial charge is 0.494 e. The van der Waals surface area contributed by atoms with E-state index in [4.69, 9.17) is 10.5 Å². The molecule has 0 unspecified atom stereocenters. The molecular formula is C17H13N3O. The van der Waals surface area contributed by atoms with Gasteiger partial charge >= 0.3 is 0 Å². The van der Waals surface area contributed by atoms with Crippen LogP contribution < -0.4 is 10.5 Å². The van der Waals surface area contributed by atoms with Crippen molar-refractivity contribution in [3.63, 3.8) is 0 Å². The number of ether oxygens (including phenoxy) is 1. The van der Waals surface area contributed by atoms with Gasteiger partial charge in [-0.05, 0) is 17.2 Å². The zero-order chi connectivity index (χ0) is 14.8. The van der Waals surface area contributed by atoms with E-state index in [1.165, 1.54) is 0 Å². The number of benzene rings is 2. The summed E-state index contributed by atoms with van der Waals surface area (Å²) < 4.78 is 5.35. The highest BCUT2D eigenvalue weighted by Gasteiger charge is 2.15. The van der Waals surface area contributed by atoms with Crippen molar-refractivity contribution >= 4 is 16.6 Å². The Kier molecular flexibility index (Phi) is 3.17. The minimum absolute atomic E-state index is 0.393. The van der Waals surface area contributed by atoms with Gasteiger partial charge in [0.25, 0.3) is 0 Å². The highest BCUT2D eigenvalue weighted by molar-refractivity contribution is 6.06. The first-order chi connectivity index (χ1) is 10.3. The van der Waals surface area contributed by atoms with Crippen LogP contribution in [0.4, 0.5) is 5.69 Å². The summed E-state index contributed by atoms with van der Waals surface area (Å²) in [6.45, 7) is 0. The van der Waals surface area contributed by atoms with Crippen LogP contribution in [0.1, 0.15) is 5.56 Å². The Morgan fingerprint density at radius 2 is 1.95 bits per heavy atom. The van der Waals surface area contributed by atoms with Crippen LogP contribution in [-0.4, -0.2) is 12.1 Å². The van der Waals surface area contributed by atoms with Crippen molar-refractivity contribution in [1.29, 1.82) is 5.26 Å². The van der Waals surface area contributed by atoms with Crippen molar-refractivity contribution in [1.82, 2.24) is 4.98 Å². The average Bonchev–Trinajstić information content (AvgIpc) is 2.55. The first-order valence-corrected chi connectivity index (χ1v) is 6.47. The number of nitrogens with two attached hydrogens (primary N) is 1. The molecule has 0 aliphatic carbocycles. The molecule has 0 aliphatic rings. The van der Waals surface area contributed by atoms with Gasteiger partial charge < -0.3 is 10.5 Å². The number of nitriles is 1. The number of fused-ring (bicyclic) bond motifs is 1. The quantitative estimate of drug-likeness (QED) is 0.728. The predicted octanol–water partition coefficient (Wildman–Crippen LogP) is 3.36. The van der Waals surface area contributed by atoms with Crippen molar-refractivity contribution in [3.8, 4) is 22.9 Å². The molecule has 4 nitrogen and oxygen atoms in total. The molecule has 1 heterocycles. The highest BCUT2D eigenvalue weighted by Crippen LogP contribution is 2.37. The zero-order valence-electron chi connectivity index (χ0n) is 11.5. The van der Waals surface area contributed by atoms with Crippen molar-refractivity contribution in [2.45, 2.75) is 0 Å². The maximum Gasteiger partial charge on any atom is 0.146 e. The van der Waals surface area contributed by atoms with Gasteiger partial charge in [0.1, 0.15) is 17.3 Å². The van der Waals surface area contributed by atoms with E-state index in [0.29, 0.717) is 22.5 Å². The first kappa shape index (κ1) is 12.9.